The molecule has 2 aromatic carbocycles. The van der Waals surface area contributed by atoms with Crippen LogP contribution in [-0.2, 0) is 6.42 Å². The molecule has 0 saturated carbocycles. The fourth-order valence-electron chi connectivity index (χ4n) is 2.80. The van der Waals surface area contributed by atoms with Gasteiger partial charge in [-0.15, -0.1) is 12.6 Å². The number of benzene rings is 2. The van der Waals surface area contributed by atoms with E-state index in [4.69, 9.17) is 0 Å². The van der Waals surface area contributed by atoms with Gasteiger partial charge in [-0.3, -0.25) is 0 Å². The third kappa shape index (κ3) is 5.88. The number of rotatable bonds is 9. The summed E-state index contributed by atoms with van der Waals surface area (Å²) in [5, 5.41) is 0. The molecule has 0 fully saturated rings. The summed E-state index contributed by atoms with van der Waals surface area (Å²) in [6, 6.07) is 17.4. The Morgan fingerprint density at radius 1 is 0.636 bits per heavy atom. The molecule has 0 heterocycles. The zero-order valence-electron chi connectivity index (χ0n) is 13.7. The Bertz CT molecular complexity index is 525. The summed E-state index contributed by atoms with van der Waals surface area (Å²) in [7, 11) is 0. The molecule has 2 rings (SSSR count). The quantitative estimate of drug-likeness (QED) is 0.376. The molecule has 0 nitrogen and oxygen atoms in total. The lowest BCUT2D eigenvalue weighted by molar-refractivity contribution is 0.589. The molecule has 0 amide bonds. The van der Waals surface area contributed by atoms with Crippen molar-refractivity contribution >= 4 is 12.6 Å². The lowest BCUT2D eigenvalue weighted by Crippen LogP contribution is -1.87. The molecule has 0 spiro atoms. The maximum Gasteiger partial charge on any atom is 0.00404 e. The first-order valence-corrected chi connectivity index (χ1v) is 9.12. The maximum absolute atomic E-state index is 4.33. The van der Waals surface area contributed by atoms with Gasteiger partial charge in [0.1, 0.15) is 0 Å². The first-order valence-electron chi connectivity index (χ1n) is 8.68. The zero-order chi connectivity index (χ0) is 15.6. The van der Waals surface area contributed by atoms with E-state index in [9.17, 15) is 0 Å². The molecule has 0 aliphatic rings. The minimum atomic E-state index is 1.01. The van der Waals surface area contributed by atoms with Crippen molar-refractivity contribution in [2.75, 3.05) is 0 Å². The summed E-state index contributed by atoms with van der Waals surface area (Å²) in [6.45, 7) is 2.27. The van der Waals surface area contributed by atoms with Crippen LogP contribution in [0.3, 0.4) is 0 Å². The highest BCUT2D eigenvalue weighted by Crippen LogP contribution is 2.22. The van der Waals surface area contributed by atoms with Crippen molar-refractivity contribution in [3.63, 3.8) is 0 Å². The number of unbranched alkanes of at least 4 members (excludes halogenated alkanes) is 6. The highest BCUT2D eigenvalue weighted by atomic mass is 32.1. The van der Waals surface area contributed by atoms with Crippen LogP contribution < -0.4 is 0 Å². The maximum atomic E-state index is 4.33. The SMILES string of the molecule is CCCCCCCCCc1ccc(-c2ccc(S)cc2)cc1. The third-order valence-corrected chi connectivity index (χ3v) is 4.52. The van der Waals surface area contributed by atoms with Crippen molar-refractivity contribution in [1.82, 2.24) is 0 Å². The molecule has 0 radical (unpaired) electrons. The van der Waals surface area contributed by atoms with Gasteiger partial charge < -0.3 is 0 Å². The van der Waals surface area contributed by atoms with Gasteiger partial charge in [-0.1, -0.05) is 81.8 Å². The van der Waals surface area contributed by atoms with Gasteiger partial charge in [-0.2, -0.15) is 0 Å². The molecule has 0 N–H and O–H groups in total. The van der Waals surface area contributed by atoms with Crippen LogP contribution in [0.2, 0.25) is 0 Å². The van der Waals surface area contributed by atoms with Gasteiger partial charge in [0, 0.05) is 4.90 Å². The van der Waals surface area contributed by atoms with Crippen molar-refractivity contribution in [1.29, 1.82) is 0 Å². The average Bonchev–Trinajstić information content (AvgIpc) is 2.55. The van der Waals surface area contributed by atoms with Gasteiger partial charge in [-0.05, 0) is 41.7 Å². The van der Waals surface area contributed by atoms with Crippen LogP contribution in [0.4, 0.5) is 0 Å². The van der Waals surface area contributed by atoms with Crippen LogP contribution in [-0.4, -0.2) is 0 Å². The fraction of sp³-hybridized carbons (Fsp3) is 0.429. The van der Waals surface area contributed by atoms with E-state index in [1.807, 2.05) is 12.1 Å². The number of aryl methyl sites for hydroxylation is 1. The molecule has 2 aromatic rings. The monoisotopic (exact) mass is 312 g/mol. The molecule has 1 heteroatoms. The molecule has 0 unspecified atom stereocenters. The second-order valence-electron chi connectivity index (χ2n) is 6.12. The van der Waals surface area contributed by atoms with E-state index in [1.54, 1.807) is 0 Å². The third-order valence-electron chi connectivity index (χ3n) is 4.22. The van der Waals surface area contributed by atoms with Gasteiger partial charge in [-0.25, -0.2) is 0 Å². The Hall–Kier alpha value is -1.21. The highest BCUT2D eigenvalue weighted by molar-refractivity contribution is 7.80. The molecule has 0 bridgehead atoms. The van der Waals surface area contributed by atoms with Gasteiger partial charge in [0.25, 0.3) is 0 Å². The molecule has 118 valence electrons. The molecule has 0 atom stereocenters. The molecule has 0 saturated heterocycles. The molecular weight excluding hydrogens is 284 g/mol. The lowest BCUT2D eigenvalue weighted by atomic mass is 10.0. The summed E-state index contributed by atoms with van der Waals surface area (Å²) in [6.07, 6.45) is 10.9. The van der Waals surface area contributed by atoms with Crippen molar-refractivity contribution in [3.05, 3.63) is 54.1 Å². The topological polar surface area (TPSA) is 0 Å². The fourth-order valence-corrected chi connectivity index (χ4v) is 2.95. The van der Waals surface area contributed by atoms with E-state index in [0.717, 1.165) is 4.90 Å². The minimum Gasteiger partial charge on any atom is -0.143 e. The first-order chi connectivity index (χ1) is 10.8. The predicted molar refractivity (Wildman–Crippen MR) is 101 cm³/mol. The summed E-state index contributed by atoms with van der Waals surface area (Å²) >= 11 is 4.33. The molecule has 0 aliphatic heterocycles. The lowest BCUT2D eigenvalue weighted by Gasteiger charge is -2.05. The molecule has 22 heavy (non-hydrogen) atoms. The average molecular weight is 313 g/mol. The summed E-state index contributed by atoms with van der Waals surface area (Å²) in [4.78, 5) is 1.01. The van der Waals surface area contributed by atoms with Gasteiger partial charge in [0.2, 0.25) is 0 Å². The van der Waals surface area contributed by atoms with Crippen LogP contribution in [0.5, 0.6) is 0 Å². The van der Waals surface area contributed by atoms with E-state index in [-0.39, 0.29) is 0 Å². The summed E-state index contributed by atoms with van der Waals surface area (Å²) < 4.78 is 0. The largest absolute Gasteiger partial charge is 0.143 e. The summed E-state index contributed by atoms with van der Waals surface area (Å²) in [5.41, 5.74) is 4.01. The van der Waals surface area contributed by atoms with E-state index >= 15 is 0 Å². The van der Waals surface area contributed by atoms with Crippen LogP contribution in [0, 0.1) is 0 Å². The smallest absolute Gasteiger partial charge is 0.00404 e. The second kappa shape index (κ2) is 9.74. The van der Waals surface area contributed by atoms with Crippen LogP contribution in [0.15, 0.2) is 53.4 Å². The Kier molecular flexibility index (Phi) is 7.59. The van der Waals surface area contributed by atoms with Crippen molar-refractivity contribution in [2.24, 2.45) is 0 Å². The van der Waals surface area contributed by atoms with Gasteiger partial charge >= 0.3 is 0 Å². The second-order valence-corrected chi connectivity index (χ2v) is 6.63. The van der Waals surface area contributed by atoms with E-state index in [2.05, 4.69) is 56.0 Å². The van der Waals surface area contributed by atoms with Crippen LogP contribution in [0.1, 0.15) is 57.4 Å². The van der Waals surface area contributed by atoms with Crippen molar-refractivity contribution in [2.45, 2.75) is 63.2 Å². The number of hydrogen-bond acceptors (Lipinski definition) is 1. The number of hydrogen-bond donors (Lipinski definition) is 1. The summed E-state index contributed by atoms with van der Waals surface area (Å²) in [5.74, 6) is 0. The predicted octanol–water partition coefficient (Wildman–Crippen LogP) is 6.94. The van der Waals surface area contributed by atoms with Crippen molar-refractivity contribution < 1.29 is 0 Å². The van der Waals surface area contributed by atoms with Gasteiger partial charge in [0.15, 0.2) is 0 Å². The van der Waals surface area contributed by atoms with E-state index < -0.39 is 0 Å². The number of thiol groups is 1. The van der Waals surface area contributed by atoms with Gasteiger partial charge in [0.05, 0.1) is 0 Å². The molecule has 0 aromatic heterocycles. The Labute approximate surface area is 141 Å². The standard InChI is InChI=1S/C21H28S/c1-2-3-4-5-6-7-8-9-18-10-12-19(13-11-18)20-14-16-21(22)17-15-20/h10-17,22H,2-9H2,1H3. The Morgan fingerprint density at radius 2 is 1.14 bits per heavy atom. The van der Waals surface area contributed by atoms with Crippen LogP contribution >= 0.6 is 12.6 Å². The molecule has 0 aliphatic carbocycles. The van der Waals surface area contributed by atoms with Crippen molar-refractivity contribution in [3.8, 4) is 11.1 Å². The normalized spacial score (nSPS) is 10.8. The Morgan fingerprint density at radius 3 is 1.73 bits per heavy atom. The first kappa shape index (κ1) is 17.1. The molecular formula is C21H28S. The minimum absolute atomic E-state index is 1.01. The Balaban J connectivity index is 1.74. The van der Waals surface area contributed by atoms with E-state index in [0.29, 0.717) is 0 Å². The van der Waals surface area contributed by atoms with E-state index in [1.165, 1.54) is 68.1 Å². The van der Waals surface area contributed by atoms with Crippen LogP contribution in [0.25, 0.3) is 11.1 Å². The zero-order valence-corrected chi connectivity index (χ0v) is 14.6. The highest BCUT2D eigenvalue weighted by Gasteiger charge is 1.99.